The van der Waals surface area contributed by atoms with Gasteiger partial charge < -0.3 is 9.84 Å². The molecule has 5 heteroatoms. The molecule has 1 unspecified atom stereocenters. The summed E-state index contributed by atoms with van der Waals surface area (Å²) >= 11 is 0. The van der Waals surface area contributed by atoms with Crippen LogP contribution in [0.15, 0.2) is 24.7 Å². The standard InChI is InChI=1S/C13H17N3O2/c1-4-18-11-5-10(6-14-7-11)13(17)12-8-15-16(3)9(12)2/h5-8,13,17H,4H2,1-3H3. The van der Waals surface area contributed by atoms with Gasteiger partial charge in [0.1, 0.15) is 11.9 Å². The molecule has 1 atom stereocenters. The Balaban J connectivity index is 2.30. The highest BCUT2D eigenvalue weighted by atomic mass is 16.5. The Morgan fingerprint density at radius 3 is 2.78 bits per heavy atom. The molecule has 0 aliphatic carbocycles. The Morgan fingerprint density at radius 1 is 1.39 bits per heavy atom. The van der Waals surface area contributed by atoms with E-state index in [9.17, 15) is 5.11 Å². The summed E-state index contributed by atoms with van der Waals surface area (Å²) in [6.45, 7) is 4.41. The number of rotatable bonds is 4. The van der Waals surface area contributed by atoms with Crippen molar-refractivity contribution in [3.05, 3.63) is 41.5 Å². The molecular formula is C13H17N3O2. The normalized spacial score (nSPS) is 12.4. The van der Waals surface area contributed by atoms with E-state index in [1.165, 1.54) is 0 Å². The zero-order valence-electron chi connectivity index (χ0n) is 10.8. The fraction of sp³-hybridized carbons (Fsp3) is 0.385. The van der Waals surface area contributed by atoms with Crippen LogP contribution in [-0.4, -0.2) is 26.5 Å². The molecule has 2 rings (SSSR count). The lowest BCUT2D eigenvalue weighted by molar-refractivity contribution is 0.218. The molecule has 2 aromatic heterocycles. The van der Waals surface area contributed by atoms with Crippen LogP contribution >= 0.6 is 0 Å². The Bertz CT molecular complexity index is 537. The predicted octanol–water partition coefficient (Wildman–Crippen LogP) is 1.60. The van der Waals surface area contributed by atoms with E-state index in [1.807, 2.05) is 20.9 Å². The Labute approximate surface area is 106 Å². The molecule has 0 saturated carbocycles. The zero-order chi connectivity index (χ0) is 13.1. The van der Waals surface area contributed by atoms with Crippen LogP contribution in [0.25, 0.3) is 0 Å². The number of hydrogen-bond acceptors (Lipinski definition) is 4. The van der Waals surface area contributed by atoms with Crippen molar-refractivity contribution in [2.45, 2.75) is 20.0 Å². The molecule has 2 aromatic rings. The SMILES string of the molecule is CCOc1cncc(C(O)c2cnn(C)c2C)c1. The number of aromatic nitrogens is 3. The van der Waals surface area contributed by atoms with Crippen molar-refractivity contribution in [1.29, 1.82) is 0 Å². The highest BCUT2D eigenvalue weighted by molar-refractivity contribution is 5.33. The number of ether oxygens (including phenoxy) is 1. The zero-order valence-corrected chi connectivity index (χ0v) is 10.8. The Morgan fingerprint density at radius 2 is 2.17 bits per heavy atom. The van der Waals surface area contributed by atoms with Crippen molar-refractivity contribution in [3.8, 4) is 5.75 Å². The minimum atomic E-state index is -0.730. The molecular weight excluding hydrogens is 230 g/mol. The van der Waals surface area contributed by atoms with Crippen molar-refractivity contribution in [3.63, 3.8) is 0 Å². The summed E-state index contributed by atoms with van der Waals surface area (Å²) in [5.41, 5.74) is 2.43. The van der Waals surface area contributed by atoms with Crippen LogP contribution in [-0.2, 0) is 7.05 Å². The van der Waals surface area contributed by atoms with Crippen molar-refractivity contribution in [2.24, 2.45) is 7.05 Å². The van der Waals surface area contributed by atoms with Gasteiger partial charge in [0.05, 0.1) is 19.0 Å². The summed E-state index contributed by atoms with van der Waals surface area (Å²) in [4.78, 5) is 4.07. The van der Waals surface area contributed by atoms with Crippen LogP contribution < -0.4 is 4.74 Å². The Hall–Kier alpha value is -1.88. The van der Waals surface area contributed by atoms with Crippen LogP contribution in [0.4, 0.5) is 0 Å². The molecule has 0 fully saturated rings. The maximum Gasteiger partial charge on any atom is 0.137 e. The van der Waals surface area contributed by atoms with Crippen molar-refractivity contribution < 1.29 is 9.84 Å². The van der Waals surface area contributed by atoms with Gasteiger partial charge in [0.25, 0.3) is 0 Å². The van der Waals surface area contributed by atoms with E-state index >= 15 is 0 Å². The maximum atomic E-state index is 10.3. The van der Waals surface area contributed by atoms with E-state index in [0.29, 0.717) is 17.9 Å². The summed E-state index contributed by atoms with van der Waals surface area (Å²) in [5, 5.41) is 14.5. The van der Waals surface area contributed by atoms with Crippen LogP contribution in [0.3, 0.4) is 0 Å². The molecule has 0 saturated heterocycles. The van der Waals surface area contributed by atoms with Crippen LogP contribution in [0.1, 0.15) is 29.8 Å². The Kier molecular flexibility index (Phi) is 3.62. The first-order valence-corrected chi connectivity index (χ1v) is 5.87. The summed E-state index contributed by atoms with van der Waals surface area (Å²) in [5.74, 6) is 0.663. The van der Waals surface area contributed by atoms with Gasteiger partial charge in [-0.2, -0.15) is 5.10 Å². The molecule has 96 valence electrons. The van der Waals surface area contributed by atoms with Gasteiger partial charge in [-0.25, -0.2) is 0 Å². The largest absolute Gasteiger partial charge is 0.492 e. The van der Waals surface area contributed by atoms with Gasteiger partial charge in [0, 0.05) is 30.1 Å². The summed E-state index contributed by atoms with van der Waals surface area (Å²) < 4.78 is 7.11. The average molecular weight is 247 g/mol. The van der Waals surface area contributed by atoms with E-state index < -0.39 is 6.10 Å². The second-order valence-corrected chi connectivity index (χ2v) is 4.10. The van der Waals surface area contributed by atoms with Crippen molar-refractivity contribution in [2.75, 3.05) is 6.61 Å². The molecule has 1 N–H and O–H groups in total. The fourth-order valence-electron chi connectivity index (χ4n) is 1.79. The van der Waals surface area contributed by atoms with Gasteiger partial charge in [-0.3, -0.25) is 9.67 Å². The highest BCUT2D eigenvalue weighted by Gasteiger charge is 2.16. The van der Waals surface area contributed by atoms with E-state index in [-0.39, 0.29) is 0 Å². The number of nitrogens with zero attached hydrogens (tertiary/aromatic N) is 3. The second-order valence-electron chi connectivity index (χ2n) is 4.10. The van der Waals surface area contributed by atoms with Gasteiger partial charge in [0.15, 0.2) is 0 Å². The lowest BCUT2D eigenvalue weighted by atomic mass is 10.0. The quantitative estimate of drug-likeness (QED) is 0.891. The van der Waals surface area contributed by atoms with E-state index in [2.05, 4.69) is 10.1 Å². The topological polar surface area (TPSA) is 60.2 Å². The number of aliphatic hydroxyl groups excluding tert-OH is 1. The molecule has 18 heavy (non-hydrogen) atoms. The summed E-state index contributed by atoms with van der Waals surface area (Å²) in [6.07, 6.45) is 4.22. The van der Waals surface area contributed by atoms with Crippen LogP contribution in [0.2, 0.25) is 0 Å². The van der Waals surface area contributed by atoms with Crippen LogP contribution in [0, 0.1) is 6.92 Å². The molecule has 0 aliphatic heterocycles. The average Bonchev–Trinajstić information content (AvgIpc) is 2.70. The molecule has 0 aromatic carbocycles. The first kappa shape index (κ1) is 12.6. The third-order valence-electron chi connectivity index (χ3n) is 2.93. The molecule has 0 radical (unpaired) electrons. The molecule has 0 bridgehead atoms. The van der Waals surface area contributed by atoms with E-state index in [1.54, 1.807) is 29.3 Å². The maximum absolute atomic E-state index is 10.3. The minimum Gasteiger partial charge on any atom is -0.492 e. The predicted molar refractivity (Wildman–Crippen MR) is 67.4 cm³/mol. The molecule has 0 amide bonds. The lowest BCUT2D eigenvalue weighted by Gasteiger charge is -2.11. The summed E-state index contributed by atoms with van der Waals surface area (Å²) in [7, 11) is 1.85. The highest BCUT2D eigenvalue weighted by Crippen LogP contribution is 2.25. The first-order chi connectivity index (χ1) is 8.63. The van der Waals surface area contributed by atoms with Crippen molar-refractivity contribution >= 4 is 0 Å². The molecule has 0 aliphatic rings. The molecule has 0 spiro atoms. The van der Waals surface area contributed by atoms with Crippen LogP contribution in [0.5, 0.6) is 5.75 Å². The van der Waals surface area contributed by atoms with E-state index in [0.717, 1.165) is 11.3 Å². The van der Waals surface area contributed by atoms with Gasteiger partial charge in [-0.15, -0.1) is 0 Å². The monoisotopic (exact) mass is 247 g/mol. The summed E-state index contributed by atoms with van der Waals surface area (Å²) in [6, 6.07) is 1.80. The van der Waals surface area contributed by atoms with Gasteiger partial charge in [-0.1, -0.05) is 0 Å². The number of hydrogen-bond donors (Lipinski definition) is 1. The number of aryl methyl sites for hydroxylation is 1. The third-order valence-corrected chi connectivity index (χ3v) is 2.93. The smallest absolute Gasteiger partial charge is 0.137 e. The lowest BCUT2D eigenvalue weighted by Crippen LogP contribution is -2.03. The van der Waals surface area contributed by atoms with Gasteiger partial charge in [0.2, 0.25) is 0 Å². The third kappa shape index (κ3) is 2.36. The molecule has 5 nitrogen and oxygen atoms in total. The minimum absolute atomic E-state index is 0.577. The van der Waals surface area contributed by atoms with E-state index in [4.69, 9.17) is 4.74 Å². The molecule has 2 heterocycles. The fourth-order valence-corrected chi connectivity index (χ4v) is 1.79. The number of pyridine rings is 1. The second kappa shape index (κ2) is 5.18. The number of aliphatic hydroxyl groups is 1. The van der Waals surface area contributed by atoms with Crippen molar-refractivity contribution in [1.82, 2.24) is 14.8 Å². The first-order valence-electron chi connectivity index (χ1n) is 5.87. The van der Waals surface area contributed by atoms with Gasteiger partial charge in [-0.05, 0) is 19.9 Å². The van der Waals surface area contributed by atoms with Gasteiger partial charge >= 0.3 is 0 Å².